The maximum Gasteiger partial charge on any atom is 0.244 e. The lowest BCUT2D eigenvalue weighted by molar-refractivity contribution is 0.263. The van der Waals surface area contributed by atoms with Crippen LogP contribution in [0.3, 0.4) is 0 Å². The minimum absolute atomic E-state index is 0.0504. The molecule has 3 aromatic rings. The summed E-state index contributed by atoms with van der Waals surface area (Å²) in [7, 11) is 1.02. The number of hydrogen-bond donors (Lipinski definition) is 1. The van der Waals surface area contributed by atoms with Gasteiger partial charge in [-0.1, -0.05) is 18.2 Å². The molecule has 0 saturated carbocycles. The molecule has 0 radical (unpaired) electrons. The van der Waals surface area contributed by atoms with Gasteiger partial charge >= 0.3 is 0 Å². The van der Waals surface area contributed by atoms with Gasteiger partial charge in [-0.2, -0.15) is 0 Å². The molecule has 0 aliphatic rings. The quantitative estimate of drug-likeness (QED) is 0.669. The van der Waals surface area contributed by atoms with Gasteiger partial charge in [0.2, 0.25) is 10.0 Å². The maximum atomic E-state index is 13.6. The van der Waals surface area contributed by atoms with Crippen LogP contribution < -0.4 is 9.46 Å². The third-order valence-electron chi connectivity index (χ3n) is 4.28. The normalized spacial score (nSPS) is 13.2. The molecule has 6 nitrogen and oxygen atoms in total. The predicted molar refractivity (Wildman–Crippen MR) is 101 cm³/mol. The Hall–Kier alpha value is -2.42. The van der Waals surface area contributed by atoms with Gasteiger partial charge in [-0.05, 0) is 44.4 Å². The fourth-order valence-corrected chi connectivity index (χ4v) is 4.05. The van der Waals surface area contributed by atoms with Crippen LogP contribution in [0.5, 0.6) is 5.75 Å². The molecule has 1 N–H and O–H groups in total. The van der Waals surface area contributed by atoms with Crippen LogP contribution in [0.2, 0.25) is 0 Å². The number of para-hydroxylation sites is 1. The highest BCUT2D eigenvalue weighted by atomic mass is 32.2. The molecule has 1 aromatic heterocycles. The molecular formula is C19H21FN2O4S. The number of sulfonamides is 1. The third-order valence-corrected chi connectivity index (χ3v) is 5.72. The first-order valence-electron chi connectivity index (χ1n) is 8.30. The van der Waals surface area contributed by atoms with Gasteiger partial charge in [0.1, 0.15) is 27.8 Å². The number of halogens is 1. The van der Waals surface area contributed by atoms with Crippen molar-refractivity contribution < 1.29 is 22.0 Å². The molecule has 2 aromatic carbocycles. The molecular weight excluding hydrogens is 371 g/mol. The number of hydrogen-bond acceptors (Lipinski definition) is 5. The fourth-order valence-electron chi connectivity index (χ4n) is 2.83. The Labute approximate surface area is 157 Å². The smallest absolute Gasteiger partial charge is 0.244 e. The predicted octanol–water partition coefficient (Wildman–Crippen LogP) is 3.16. The molecule has 1 atom stereocenters. The summed E-state index contributed by atoms with van der Waals surface area (Å²) in [6.07, 6.45) is 0. The Morgan fingerprint density at radius 1 is 1.19 bits per heavy atom. The van der Waals surface area contributed by atoms with Gasteiger partial charge in [0.15, 0.2) is 0 Å². The van der Waals surface area contributed by atoms with Gasteiger partial charge in [0.05, 0.1) is 13.2 Å². The van der Waals surface area contributed by atoms with Crippen LogP contribution in [0.25, 0.3) is 11.0 Å². The molecule has 0 spiro atoms. The number of rotatable bonds is 7. The van der Waals surface area contributed by atoms with Crippen molar-refractivity contribution in [2.75, 3.05) is 27.7 Å². The first-order valence-corrected chi connectivity index (χ1v) is 9.78. The zero-order valence-electron chi connectivity index (χ0n) is 15.3. The Balaban J connectivity index is 1.87. The Kier molecular flexibility index (Phi) is 5.50. The van der Waals surface area contributed by atoms with E-state index in [-0.39, 0.29) is 23.2 Å². The average molecular weight is 392 g/mol. The Morgan fingerprint density at radius 3 is 2.59 bits per heavy atom. The molecule has 0 amide bonds. The van der Waals surface area contributed by atoms with Crippen molar-refractivity contribution in [1.29, 1.82) is 0 Å². The van der Waals surface area contributed by atoms with Crippen LogP contribution in [-0.2, 0) is 10.0 Å². The molecule has 8 heteroatoms. The number of nitrogens with one attached hydrogen (secondary N) is 1. The molecule has 144 valence electrons. The highest BCUT2D eigenvalue weighted by Crippen LogP contribution is 2.28. The first-order chi connectivity index (χ1) is 12.8. The lowest BCUT2D eigenvalue weighted by atomic mass is 10.2. The number of ether oxygens (including phenoxy) is 1. The number of benzene rings is 2. The van der Waals surface area contributed by atoms with E-state index in [4.69, 9.17) is 9.15 Å². The van der Waals surface area contributed by atoms with Gasteiger partial charge < -0.3 is 9.15 Å². The van der Waals surface area contributed by atoms with Crippen molar-refractivity contribution in [3.63, 3.8) is 0 Å². The van der Waals surface area contributed by atoms with Gasteiger partial charge in [-0.15, -0.1) is 0 Å². The van der Waals surface area contributed by atoms with Crippen LogP contribution in [0, 0.1) is 5.82 Å². The van der Waals surface area contributed by atoms with E-state index in [0.29, 0.717) is 5.76 Å². The largest absolute Gasteiger partial charge is 0.495 e. The highest BCUT2D eigenvalue weighted by molar-refractivity contribution is 7.89. The second kappa shape index (κ2) is 7.67. The molecule has 3 rings (SSSR count). The number of furan rings is 1. The van der Waals surface area contributed by atoms with Gasteiger partial charge in [-0.3, -0.25) is 4.90 Å². The van der Waals surface area contributed by atoms with Crippen LogP contribution >= 0.6 is 0 Å². The monoisotopic (exact) mass is 392 g/mol. The number of fused-ring (bicyclic) bond motifs is 1. The Bertz CT molecular complexity index is 1010. The number of nitrogens with zero attached hydrogens (tertiary/aromatic N) is 1. The minimum atomic E-state index is -3.98. The van der Waals surface area contributed by atoms with E-state index in [1.165, 1.54) is 13.2 Å². The molecule has 27 heavy (non-hydrogen) atoms. The summed E-state index contributed by atoms with van der Waals surface area (Å²) in [5.74, 6) is 0.0572. The van der Waals surface area contributed by atoms with Crippen LogP contribution in [0.4, 0.5) is 4.39 Å². The fraction of sp³-hybridized carbons (Fsp3) is 0.263. The highest BCUT2D eigenvalue weighted by Gasteiger charge is 2.25. The molecule has 0 saturated heterocycles. The summed E-state index contributed by atoms with van der Waals surface area (Å²) >= 11 is 0. The maximum absolute atomic E-state index is 13.6. The van der Waals surface area contributed by atoms with Gasteiger partial charge in [0, 0.05) is 11.9 Å². The van der Waals surface area contributed by atoms with Crippen molar-refractivity contribution in [3.05, 3.63) is 60.1 Å². The van der Waals surface area contributed by atoms with Crippen LogP contribution in [0.1, 0.15) is 11.8 Å². The average Bonchev–Trinajstić information content (AvgIpc) is 3.05. The molecule has 0 aliphatic carbocycles. The third kappa shape index (κ3) is 4.13. The standard InChI is InChI=1S/C19H21FN2O4S/c1-22(2)15(18-10-13-6-4-5-7-16(13)26-18)12-21-27(23,24)19-11-14(20)8-9-17(19)25-3/h4-11,15,21H,12H2,1-3H3/t15-/m1/s1. The topological polar surface area (TPSA) is 71.8 Å². The lowest BCUT2D eigenvalue weighted by Gasteiger charge is -2.22. The number of methoxy groups -OCH3 is 1. The van der Waals surface area contributed by atoms with Gasteiger partial charge in [0.25, 0.3) is 0 Å². The molecule has 0 fully saturated rings. The van der Waals surface area contributed by atoms with E-state index in [1.54, 1.807) is 0 Å². The SMILES string of the molecule is COc1ccc(F)cc1S(=O)(=O)NC[C@H](c1cc2ccccc2o1)N(C)C. The van der Waals surface area contributed by atoms with Gasteiger partial charge in [-0.25, -0.2) is 17.5 Å². The second-order valence-corrected chi connectivity index (χ2v) is 8.05. The minimum Gasteiger partial charge on any atom is -0.495 e. The van der Waals surface area contributed by atoms with Crippen molar-refractivity contribution in [3.8, 4) is 5.75 Å². The van der Waals surface area contributed by atoms with Crippen molar-refractivity contribution in [2.24, 2.45) is 0 Å². The van der Waals surface area contributed by atoms with E-state index >= 15 is 0 Å². The van der Waals surface area contributed by atoms with Crippen LogP contribution in [0.15, 0.2) is 57.8 Å². The van der Waals surface area contributed by atoms with Crippen molar-refractivity contribution >= 4 is 21.0 Å². The second-order valence-electron chi connectivity index (χ2n) is 6.31. The van der Waals surface area contributed by atoms with E-state index in [2.05, 4.69) is 4.72 Å². The summed E-state index contributed by atoms with van der Waals surface area (Å²) in [5.41, 5.74) is 0.731. The Morgan fingerprint density at radius 2 is 1.93 bits per heavy atom. The zero-order valence-corrected chi connectivity index (χ0v) is 16.1. The van der Waals surface area contributed by atoms with E-state index in [1.807, 2.05) is 49.3 Å². The lowest BCUT2D eigenvalue weighted by Crippen LogP contribution is -2.34. The summed E-state index contributed by atoms with van der Waals surface area (Å²) in [6, 6.07) is 12.5. The summed E-state index contributed by atoms with van der Waals surface area (Å²) in [5, 5.41) is 0.939. The molecule has 1 heterocycles. The molecule has 0 bridgehead atoms. The first kappa shape index (κ1) is 19.3. The number of likely N-dealkylation sites (N-methyl/N-ethyl adjacent to an activating group) is 1. The molecule has 0 unspecified atom stereocenters. The zero-order chi connectivity index (χ0) is 19.6. The van der Waals surface area contributed by atoms with E-state index in [9.17, 15) is 12.8 Å². The summed E-state index contributed by atoms with van der Waals surface area (Å²) < 4.78 is 52.4. The molecule has 0 aliphatic heterocycles. The van der Waals surface area contributed by atoms with Crippen LogP contribution in [-0.4, -0.2) is 41.1 Å². The summed E-state index contributed by atoms with van der Waals surface area (Å²) in [4.78, 5) is 1.61. The summed E-state index contributed by atoms with van der Waals surface area (Å²) in [6.45, 7) is 0.0504. The van der Waals surface area contributed by atoms with Crippen molar-refractivity contribution in [2.45, 2.75) is 10.9 Å². The van der Waals surface area contributed by atoms with E-state index < -0.39 is 15.8 Å². The van der Waals surface area contributed by atoms with Crippen molar-refractivity contribution in [1.82, 2.24) is 9.62 Å². The van der Waals surface area contributed by atoms with E-state index in [0.717, 1.165) is 23.1 Å².